The van der Waals surface area contributed by atoms with E-state index >= 15 is 0 Å². The molecule has 2 heterocycles. The first-order chi connectivity index (χ1) is 10.9. The van der Waals surface area contributed by atoms with Gasteiger partial charge in [0.1, 0.15) is 18.3 Å². The van der Waals surface area contributed by atoms with E-state index in [1.165, 1.54) is 6.20 Å². The molecule has 0 radical (unpaired) electrons. The van der Waals surface area contributed by atoms with E-state index in [9.17, 15) is 19.8 Å². The highest BCUT2D eigenvalue weighted by Gasteiger charge is 2.43. The van der Waals surface area contributed by atoms with E-state index in [0.717, 1.165) is 11.0 Å². The van der Waals surface area contributed by atoms with Gasteiger partial charge in [0.05, 0.1) is 24.9 Å². The molecule has 1 aromatic rings. The number of nitrogens with one attached hydrogen (secondary N) is 1. The van der Waals surface area contributed by atoms with Crippen LogP contribution in [0.3, 0.4) is 0 Å². The number of rotatable bonds is 6. The number of aliphatic hydroxyl groups excluding tert-OH is 3. The fourth-order valence-corrected chi connectivity index (χ4v) is 2.28. The molecule has 130 valence electrons. The van der Waals surface area contributed by atoms with Gasteiger partial charge in [-0.15, -0.1) is 0 Å². The van der Waals surface area contributed by atoms with Crippen LogP contribution in [0.1, 0.15) is 32.1 Å². The molecule has 1 aliphatic rings. The summed E-state index contributed by atoms with van der Waals surface area (Å²) in [6.45, 7) is 3.29. The lowest BCUT2D eigenvalue weighted by molar-refractivity contribution is -0.0554. The molecule has 0 aromatic carbocycles. The Bertz CT molecular complexity index is 641. The Balaban J connectivity index is 2.29. The highest BCUT2D eigenvalue weighted by Crippen LogP contribution is 2.28. The van der Waals surface area contributed by atoms with Gasteiger partial charge in [-0.1, -0.05) is 6.92 Å². The monoisotopic (exact) mass is 330 g/mol. The fraction of sp³-hybridized carbons (Fsp3) is 0.714. The Morgan fingerprint density at radius 3 is 2.65 bits per heavy atom. The van der Waals surface area contributed by atoms with Crippen LogP contribution in [0.15, 0.2) is 15.8 Å². The molecular formula is C14H22N2O7. The average Bonchev–Trinajstić information content (AvgIpc) is 2.81. The second kappa shape index (κ2) is 7.37. The summed E-state index contributed by atoms with van der Waals surface area (Å²) in [4.78, 5) is 25.9. The number of aromatic amines is 1. The summed E-state index contributed by atoms with van der Waals surface area (Å²) in [6.07, 6.45) is -2.98. The molecule has 1 unspecified atom stereocenters. The van der Waals surface area contributed by atoms with Crippen LogP contribution in [0.5, 0.6) is 0 Å². The lowest BCUT2D eigenvalue weighted by Crippen LogP contribution is -2.39. The molecule has 9 heteroatoms. The molecule has 1 saturated heterocycles. The van der Waals surface area contributed by atoms with E-state index in [-0.39, 0.29) is 18.3 Å². The number of hydrogen-bond acceptors (Lipinski definition) is 7. The molecule has 0 bridgehead atoms. The van der Waals surface area contributed by atoms with Gasteiger partial charge in [0.25, 0.3) is 5.56 Å². The summed E-state index contributed by atoms with van der Waals surface area (Å²) in [5.41, 5.74) is -1.17. The van der Waals surface area contributed by atoms with Crippen LogP contribution in [-0.4, -0.2) is 55.9 Å². The second-order valence-electron chi connectivity index (χ2n) is 5.58. The lowest BCUT2D eigenvalue weighted by atomic mass is 10.1. The van der Waals surface area contributed by atoms with Crippen molar-refractivity contribution in [1.82, 2.24) is 9.55 Å². The Labute approximate surface area is 132 Å². The molecule has 5 atom stereocenters. The van der Waals surface area contributed by atoms with Crippen molar-refractivity contribution in [1.29, 1.82) is 0 Å². The maximum absolute atomic E-state index is 12.0. The van der Waals surface area contributed by atoms with Crippen LogP contribution in [0.2, 0.25) is 0 Å². The average molecular weight is 330 g/mol. The summed E-state index contributed by atoms with van der Waals surface area (Å²) >= 11 is 0. The van der Waals surface area contributed by atoms with E-state index in [2.05, 4.69) is 4.98 Å². The highest BCUT2D eigenvalue weighted by molar-refractivity contribution is 5.05. The van der Waals surface area contributed by atoms with Crippen molar-refractivity contribution < 1.29 is 24.8 Å². The van der Waals surface area contributed by atoms with Gasteiger partial charge in [-0.25, -0.2) is 4.79 Å². The number of H-pyrrole nitrogens is 1. The van der Waals surface area contributed by atoms with E-state index in [1.807, 2.05) is 13.8 Å². The third-order valence-corrected chi connectivity index (χ3v) is 3.93. The van der Waals surface area contributed by atoms with Gasteiger partial charge in [-0.3, -0.25) is 14.3 Å². The Kier molecular flexibility index (Phi) is 5.71. The zero-order valence-corrected chi connectivity index (χ0v) is 13.0. The van der Waals surface area contributed by atoms with E-state index in [4.69, 9.17) is 14.6 Å². The van der Waals surface area contributed by atoms with E-state index in [1.54, 1.807) is 0 Å². The predicted molar refractivity (Wildman–Crippen MR) is 78.9 cm³/mol. The van der Waals surface area contributed by atoms with Crippen molar-refractivity contribution in [3.05, 3.63) is 32.6 Å². The van der Waals surface area contributed by atoms with Crippen LogP contribution in [-0.2, 0) is 16.1 Å². The van der Waals surface area contributed by atoms with Crippen molar-refractivity contribution in [3.63, 3.8) is 0 Å². The van der Waals surface area contributed by atoms with Gasteiger partial charge in [0.15, 0.2) is 6.23 Å². The first kappa shape index (κ1) is 17.8. The molecule has 2 rings (SSSR count). The normalized spacial score (nSPS) is 28.9. The summed E-state index contributed by atoms with van der Waals surface area (Å²) in [5.74, 6) is 0. The zero-order chi connectivity index (χ0) is 17.1. The minimum absolute atomic E-state index is 0.000578. The number of aromatic nitrogens is 2. The van der Waals surface area contributed by atoms with Gasteiger partial charge in [-0.05, 0) is 13.3 Å². The van der Waals surface area contributed by atoms with Crippen molar-refractivity contribution in [2.24, 2.45) is 0 Å². The summed E-state index contributed by atoms with van der Waals surface area (Å²) in [7, 11) is 0. The van der Waals surface area contributed by atoms with Gasteiger partial charge in [0.2, 0.25) is 0 Å². The predicted octanol–water partition coefficient (Wildman–Crippen LogP) is -1.54. The summed E-state index contributed by atoms with van der Waals surface area (Å²) in [6, 6.07) is 0. The van der Waals surface area contributed by atoms with Crippen molar-refractivity contribution in [2.45, 2.75) is 57.5 Å². The molecule has 1 aliphatic heterocycles. The maximum Gasteiger partial charge on any atom is 0.330 e. The Morgan fingerprint density at radius 1 is 1.39 bits per heavy atom. The Morgan fingerprint density at radius 2 is 2.09 bits per heavy atom. The maximum atomic E-state index is 12.0. The Hall–Kier alpha value is -1.52. The topological polar surface area (TPSA) is 134 Å². The van der Waals surface area contributed by atoms with Crippen molar-refractivity contribution >= 4 is 0 Å². The van der Waals surface area contributed by atoms with Crippen LogP contribution < -0.4 is 11.2 Å². The molecule has 0 spiro atoms. The van der Waals surface area contributed by atoms with Crippen LogP contribution >= 0.6 is 0 Å². The largest absolute Gasteiger partial charge is 0.394 e. The van der Waals surface area contributed by atoms with Crippen LogP contribution in [0, 0.1) is 0 Å². The summed E-state index contributed by atoms with van der Waals surface area (Å²) < 4.78 is 11.8. The van der Waals surface area contributed by atoms with Gasteiger partial charge >= 0.3 is 5.69 Å². The number of aliphatic hydroxyl groups is 3. The smallest absolute Gasteiger partial charge is 0.330 e. The molecule has 1 fully saturated rings. The van der Waals surface area contributed by atoms with Crippen molar-refractivity contribution in [2.75, 3.05) is 6.61 Å². The van der Waals surface area contributed by atoms with Crippen LogP contribution in [0.25, 0.3) is 0 Å². The van der Waals surface area contributed by atoms with Crippen LogP contribution in [0.4, 0.5) is 0 Å². The lowest BCUT2D eigenvalue weighted by Gasteiger charge is -2.18. The quantitative estimate of drug-likeness (QED) is 0.497. The third-order valence-electron chi connectivity index (χ3n) is 3.93. The number of hydrogen-bond donors (Lipinski definition) is 4. The summed E-state index contributed by atoms with van der Waals surface area (Å²) in [5, 5.41) is 28.8. The molecule has 0 saturated carbocycles. The molecule has 0 aliphatic carbocycles. The minimum atomic E-state index is -1.40. The zero-order valence-electron chi connectivity index (χ0n) is 13.0. The van der Waals surface area contributed by atoms with Gasteiger partial charge < -0.3 is 24.8 Å². The standard InChI is InChI=1S/C14H22N2O7/c1-3-7(2)22-6-8-4-16(14(21)15-12(8)20)13-11(19)10(18)9(5-17)23-13/h4,7,9-11,13,17-19H,3,5-6H2,1-2H3,(H,15,20,21)/t7?,9-,10-,11-,13-/m1/s1. The van der Waals surface area contributed by atoms with E-state index in [0.29, 0.717) is 0 Å². The first-order valence-electron chi connectivity index (χ1n) is 7.47. The highest BCUT2D eigenvalue weighted by atomic mass is 16.6. The van der Waals surface area contributed by atoms with Gasteiger partial charge in [0, 0.05) is 6.20 Å². The molecule has 1 aromatic heterocycles. The van der Waals surface area contributed by atoms with E-state index < -0.39 is 42.4 Å². The second-order valence-corrected chi connectivity index (χ2v) is 5.58. The molecule has 4 N–H and O–H groups in total. The van der Waals surface area contributed by atoms with Crippen molar-refractivity contribution in [3.8, 4) is 0 Å². The minimum Gasteiger partial charge on any atom is -0.394 e. The molecular weight excluding hydrogens is 308 g/mol. The first-order valence-corrected chi connectivity index (χ1v) is 7.47. The fourth-order valence-electron chi connectivity index (χ4n) is 2.28. The molecule has 23 heavy (non-hydrogen) atoms. The third kappa shape index (κ3) is 3.70. The SMILES string of the molecule is CCC(C)OCc1cn([C@@H]2O[C@H](CO)[C@@H](O)[C@H]2O)c(=O)[nH]c1=O. The van der Waals surface area contributed by atoms with Gasteiger partial charge in [-0.2, -0.15) is 0 Å². The molecule has 0 amide bonds. The number of ether oxygens (including phenoxy) is 2. The molecule has 9 nitrogen and oxygen atoms in total. The number of nitrogens with zero attached hydrogens (tertiary/aromatic N) is 1.